The maximum Gasteiger partial charge on any atom is 0.191 e. The van der Waals surface area contributed by atoms with Gasteiger partial charge in [0.15, 0.2) is 17.6 Å². The molecule has 3 heterocycles. The summed E-state index contributed by atoms with van der Waals surface area (Å²) >= 11 is 0. The lowest BCUT2D eigenvalue weighted by molar-refractivity contribution is 0.146. The van der Waals surface area contributed by atoms with Gasteiger partial charge in [-0.1, -0.05) is 0 Å². The van der Waals surface area contributed by atoms with Crippen LogP contribution in [-0.4, -0.2) is 56.4 Å². The monoisotopic (exact) mass is 531 g/mol. The molecule has 3 rings (SSSR count). The quantitative estimate of drug-likeness (QED) is 0.212. The van der Waals surface area contributed by atoms with Crippen molar-refractivity contribution in [2.45, 2.75) is 32.2 Å². The Labute approximate surface area is 194 Å². The van der Waals surface area contributed by atoms with Gasteiger partial charge in [-0.3, -0.25) is 4.99 Å². The van der Waals surface area contributed by atoms with Crippen molar-refractivity contribution in [1.82, 2.24) is 15.6 Å². The minimum absolute atomic E-state index is 0. The highest BCUT2D eigenvalue weighted by atomic mass is 127. The van der Waals surface area contributed by atoms with Crippen LogP contribution in [0.2, 0.25) is 0 Å². The molecule has 9 heteroatoms. The van der Waals surface area contributed by atoms with Crippen LogP contribution in [0.15, 0.2) is 46.1 Å². The zero-order valence-corrected chi connectivity index (χ0v) is 19.7. The Hall–Kier alpha value is -1.88. The first kappa shape index (κ1) is 24.4. The molecular formula is C21H31FIN5O2. The Morgan fingerprint density at radius 2 is 2.30 bits per heavy atom. The molecule has 0 spiro atoms. The third kappa shape index (κ3) is 7.75. The van der Waals surface area contributed by atoms with Crippen molar-refractivity contribution in [1.29, 1.82) is 0 Å². The Bertz CT molecular complexity index is 760. The molecule has 0 bridgehead atoms. The molecule has 1 atom stereocenters. The molecular weight excluding hydrogens is 500 g/mol. The number of aliphatic imine (C=N–C) groups is 1. The second-order valence-electron chi connectivity index (χ2n) is 6.92. The van der Waals surface area contributed by atoms with E-state index >= 15 is 0 Å². The van der Waals surface area contributed by atoms with Crippen LogP contribution in [0, 0.1) is 5.82 Å². The van der Waals surface area contributed by atoms with Gasteiger partial charge in [0.2, 0.25) is 0 Å². The smallest absolute Gasteiger partial charge is 0.191 e. The average molecular weight is 531 g/mol. The van der Waals surface area contributed by atoms with Crippen LogP contribution in [0.4, 0.5) is 10.2 Å². The molecule has 1 aliphatic rings. The van der Waals surface area contributed by atoms with Crippen molar-refractivity contribution in [3.05, 3.63) is 48.3 Å². The number of guanidine groups is 1. The third-order valence-corrected chi connectivity index (χ3v) is 4.73. The molecule has 0 aliphatic carbocycles. The Balaban J connectivity index is 0.00000320. The van der Waals surface area contributed by atoms with Crippen molar-refractivity contribution < 1.29 is 13.5 Å². The minimum Gasteiger partial charge on any atom is -0.469 e. The predicted octanol–water partition coefficient (Wildman–Crippen LogP) is 3.21. The Kier molecular flexibility index (Phi) is 10.9. The standard InChI is InChI=1S/C21H30FN5O2.HI/c1-2-28-14-5-11-24-21(25-12-8-18-6-4-15-29-18)26-17-9-13-27(16-17)20-19(22)7-3-10-23-20;/h3-4,6-7,10,15,17H,2,5,8-9,11-14,16H2,1H3,(H2,24,25,26);1H. The number of hydrogen-bond donors (Lipinski definition) is 2. The fraction of sp³-hybridized carbons (Fsp3) is 0.524. The number of furan rings is 1. The molecule has 0 radical (unpaired) electrons. The van der Waals surface area contributed by atoms with E-state index in [-0.39, 0.29) is 35.8 Å². The van der Waals surface area contributed by atoms with Gasteiger partial charge >= 0.3 is 0 Å². The number of nitrogens with zero attached hydrogens (tertiary/aromatic N) is 3. The fourth-order valence-electron chi connectivity index (χ4n) is 3.29. The third-order valence-electron chi connectivity index (χ3n) is 4.73. The Morgan fingerprint density at radius 3 is 3.07 bits per heavy atom. The molecule has 0 saturated carbocycles. The number of aromatic nitrogens is 1. The van der Waals surface area contributed by atoms with E-state index < -0.39 is 0 Å². The van der Waals surface area contributed by atoms with E-state index in [0.717, 1.165) is 50.7 Å². The zero-order chi connectivity index (χ0) is 20.3. The van der Waals surface area contributed by atoms with Crippen molar-refractivity contribution >= 4 is 35.8 Å². The summed E-state index contributed by atoms with van der Waals surface area (Å²) in [6.45, 7) is 6.26. The summed E-state index contributed by atoms with van der Waals surface area (Å²) in [6.07, 6.45) is 5.85. The Morgan fingerprint density at radius 1 is 1.40 bits per heavy atom. The second-order valence-corrected chi connectivity index (χ2v) is 6.92. The van der Waals surface area contributed by atoms with Gasteiger partial charge in [-0.05, 0) is 44.0 Å². The van der Waals surface area contributed by atoms with E-state index in [1.807, 2.05) is 24.0 Å². The number of pyridine rings is 1. The molecule has 166 valence electrons. The van der Waals surface area contributed by atoms with E-state index in [4.69, 9.17) is 9.15 Å². The predicted molar refractivity (Wildman–Crippen MR) is 127 cm³/mol. The molecule has 2 N–H and O–H groups in total. The average Bonchev–Trinajstić information content (AvgIpc) is 3.40. The van der Waals surface area contributed by atoms with Crippen LogP contribution in [0.25, 0.3) is 0 Å². The summed E-state index contributed by atoms with van der Waals surface area (Å²) in [6, 6.07) is 7.09. The first-order valence-corrected chi connectivity index (χ1v) is 10.3. The number of hydrogen-bond acceptors (Lipinski definition) is 5. The highest BCUT2D eigenvalue weighted by molar-refractivity contribution is 14.0. The topological polar surface area (TPSA) is 74.9 Å². The molecule has 0 amide bonds. The van der Waals surface area contributed by atoms with Crippen molar-refractivity contribution in [3.63, 3.8) is 0 Å². The second kappa shape index (κ2) is 13.4. The summed E-state index contributed by atoms with van der Waals surface area (Å²) < 4.78 is 24.8. The van der Waals surface area contributed by atoms with Gasteiger partial charge in [-0.2, -0.15) is 0 Å². The van der Waals surface area contributed by atoms with E-state index in [9.17, 15) is 4.39 Å². The molecule has 1 fully saturated rings. The molecule has 30 heavy (non-hydrogen) atoms. The first-order valence-electron chi connectivity index (χ1n) is 10.3. The lowest BCUT2D eigenvalue weighted by atomic mass is 10.3. The molecule has 7 nitrogen and oxygen atoms in total. The van der Waals surface area contributed by atoms with Crippen LogP contribution in [0.3, 0.4) is 0 Å². The first-order chi connectivity index (χ1) is 14.3. The van der Waals surface area contributed by atoms with Gasteiger partial charge in [0.05, 0.1) is 6.26 Å². The van der Waals surface area contributed by atoms with Crippen LogP contribution in [0.5, 0.6) is 0 Å². The van der Waals surface area contributed by atoms with Gasteiger partial charge in [-0.25, -0.2) is 9.37 Å². The highest BCUT2D eigenvalue weighted by Gasteiger charge is 2.26. The SMILES string of the molecule is CCOCCCN=C(NCCc1ccco1)NC1CCN(c2ncccc2F)C1.I. The number of anilines is 1. The van der Waals surface area contributed by atoms with Crippen molar-refractivity contribution in [3.8, 4) is 0 Å². The number of nitrogens with one attached hydrogen (secondary N) is 2. The summed E-state index contributed by atoms with van der Waals surface area (Å²) in [5, 5.41) is 6.85. The van der Waals surface area contributed by atoms with Crippen LogP contribution < -0.4 is 15.5 Å². The summed E-state index contributed by atoms with van der Waals surface area (Å²) in [7, 11) is 0. The normalized spacial score (nSPS) is 16.4. The van der Waals surface area contributed by atoms with E-state index in [1.165, 1.54) is 6.07 Å². The van der Waals surface area contributed by atoms with Crippen molar-refractivity contribution in [2.75, 3.05) is 44.3 Å². The summed E-state index contributed by atoms with van der Waals surface area (Å²) in [5.41, 5.74) is 0. The molecule has 2 aromatic rings. The lowest BCUT2D eigenvalue weighted by Crippen LogP contribution is -2.45. The van der Waals surface area contributed by atoms with Gasteiger partial charge in [0.1, 0.15) is 5.76 Å². The molecule has 2 aromatic heterocycles. The summed E-state index contributed by atoms with van der Waals surface area (Å²) in [4.78, 5) is 10.8. The maximum atomic E-state index is 14.0. The van der Waals surface area contributed by atoms with E-state index in [1.54, 1.807) is 18.5 Å². The minimum atomic E-state index is -0.283. The van der Waals surface area contributed by atoms with Crippen molar-refractivity contribution in [2.24, 2.45) is 4.99 Å². The van der Waals surface area contributed by atoms with Crippen LogP contribution in [0.1, 0.15) is 25.5 Å². The molecule has 0 aromatic carbocycles. The number of rotatable bonds is 10. The number of ether oxygens (including phenoxy) is 1. The van der Waals surface area contributed by atoms with Gasteiger partial charge in [0, 0.05) is 58.1 Å². The van der Waals surface area contributed by atoms with E-state index in [0.29, 0.717) is 25.5 Å². The van der Waals surface area contributed by atoms with Crippen LogP contribution in [-0.2, 0) is 11.2 Å². The van der Waals surface area contributed by atoms with Crippen LogP contribution >= 0.6 is 24.0 Å². The number of halogens is 2. The maximum absolute atomic E-state index is 14.0. The van der Waals surface area contributed by atoms with Gasteiger partial charge < -0.3 is 24.7 Å². The summed E-state index contributed by atoms with van der Waals surface area (Å²) in [5.74, 6) is 1.83. The zero-order valence-electron chi connectivity index (χ0n) is 17.3. The molecule has 1 aliphatic heterocycles. The van der Waals surface area contributed by atoms with E-state index in [2.05, 4.69) is 20.6 Å². The lowest BCUT2D eigenvalue weighted by Gasteiger charge is -2.20. The highest BCUT2D eigenvalue weighted by Crippen LogP contribution is 2.20. The fourth-order valence-corrected chi connectivity index (χ4v) is 3.29. The van der Waals surface area contributed by atoms with Gasteiger partial charge in [0.25, 0.3) is 0 Å². The largest absolute Gasteiger partial charge is 0.469 e. The van der Waals surface area contributed by atoms with Gasteiger partial charge in [-0.15, -0.1) is 24.0 Å². The molecule has 1 saturated heterocycles. The molecule has 1 unspecified atom stereocenters.